The van der Waals surface area contributed by atoms with Crippen LogP contribution in [-0.4, -0.2) is 8.86 Å². The summed E-state index contributed by atoms with van der Waals surface area (Å²) in [6.07, 6.45) is -1.22. The Kier molecular flexibility index (Phi) is 3.48. The molecule has 0 amide bonds. The average Bonchev–Trinajstić information content (AvgIpc) is 2.04. The molecule has 0 bridgehead atoms. The molecule has 1 unspecified atom stereocenters. The molecule has 0 saturated carbocycles. The molecule has 1 atom stereocenters. The maximum Gasteiger partial charge on any atom is 0.320 e. The van der Waals surface area contributed by atoms with Crippen molar-refractivity contribution in [2.75, 3.05) is 0 Å². The van der Waals surface area contributed by atoms with E-state index in [1.165, 1.54) is 0 Å². The molecule has 0 aromatic heterocycles. The molecule has 0 aliphatic carbocycles. The monoisotopic (exact) mass is 220 g/mol. The van der Waals surface area contributed by atoms with Crippen LogP contribution < -0.4 is 0 Å². The van der Waals surface area contributed by atoms with Gasteiger partial charge in [-0.2, -0.15) is 0 Å². The first-order chi connectivity index (χ1) is 6.13. The summed E-state index contributed by atoms with van der Waals surface area (Å²) in [4.78, 5) is 9.98. The lowest BCUT2D eigenvalue weighted by molar-refractivity contribution is -0.544. The van der Waals surface area contributed by atoms with E-state index >= 15 is 0 Å². The fourth-order valence-corrected chi connectivity index (χ4v) is 1.30. The van der Waals surface area contributed by atoms with Gasteiger partial charge in [0.05, 0.1) is 0 Å². The Morgan fingerprint density at radius 1 is 1.31 bits per heavy atom. The van der Waals surface area contributed by atoms with Crippen LogP contribution in [0.2, 0.25) is 0 Å². The second-order valence-electron chi connectivity index (χ2n) is 2.33. The molecule has 1 aromatic rings. The third-order valence-electron chi connectivity index (χ3n) is 1.48. The summed E-state index contributed by atoms with van der Waals surface area (Å²) < 4.78 is 0.523. The lowest BCUT2D eigenvalue weighted by Crippen LogP contribution is -2.19. The molecule has 6 heteroatoms. The molecule has 0 saturated heterocycles. The normalized spacial score (nSPS) is 12.8. The number of nitrogens with zero attached hydrogens (tertiary/aromatic N) is 2. The van der Waals surface area contributed by atoms with E-state index in [1.54, 1.807) is 30.3 Å². The van der Waals surface area contributed by atoms with Crippen LogP contribution in [0.1, 0.15) is 11.7 Å². The highest BCUT2D eigenvalue weighted by Crippen LogP contribution is 2.24. The molecule has 0 aliphatic rings. The minimum atomic E-state index is -1.22. The van der Waals surface area contributed by atoms with Gasteiger partial charge in [0, 0.05) is 34.0 Å². The maximum absolute atomic E-state index is 10.5. The van der Waals surface area contributed by atoms with Crippen molar-refractivity contribution in [3.8, 4) is 0 Å². The highest BCUT2D eigenvalue weighted by Gasteiger charge is 2.28. The summed E-state index contributed by atoms with van der Waals surface area (Å²) in [6.45, 7) is 0. The zero-order chi connectivity index (χ0) is 9.84. The highest BCUT2D eigenvalue weighted by molar-refractivity contribution is 6.33. The molecule has 0 radical (unpaired) electrons. The number of hydrogen-bond acceptors (Lipinski definition) is 3. The number of hydrogen-bond donors (Lipinski definition) is 0. The van der Waals surface area contributed by atoms with Gasteiger partial charge in [-0.05, 0) is 0 Å². The van der Waals surface area contributed by atoms with Gasteiger partial charge in [0.15, 0.2) is 0 Å². The average molecular weight is 221 g/mol. The third-order valence-corrected chi connectivity index (χ3v) is 1.85. The summed E-state index contributed by atoms with van der Waals surface area (Å²) in [6, 6.07) is 8.30. The number of benzene rings is 1. The van der Waals surface area contributed by atoms with E-state index in [0.717, 1.165) is 0 Å². The van der Waals surface area contributed by atoms with E-state index in [2.05, 4.69) is 0 Å². The smallest absolute Gasteiger partial charge is 0.262 e. The minimum Gasteiger partial charge on any atom is -0.262 e. The summed E-state index contributed by atoms with van der Waals surface area (Å²) in [5, 5.41) is 10.5. The van der Waals surface area contributed by atoms with Gasteiger partial charge in [-0.25, -0.2) is 0 Å². The Labute approximate surface area is 85.0 Å². The van der Waals surface area contributed by atoms with Gasteiger partial charge in [-0.1, -0.05) is 34.3 Å². The van der Waals surface area contributed by atoms with Crippen molar-refractivity contribution >= 4 is 23.6 Å². The van der Waals surface area contributed by atoms with Gasteiger partial charge in [0.25, 0.3) is 0 Å². The van der Waals surface area contributed by atoms with Crippen LogP contribution in [0.4, 0.5) is 0 Å². The Hall–Kier alpha value is -0.840. The Morgan fingerprint density at radius 3 is 2.23 bits per heavy atom. The van der Waals surface area contributed by atoms with Gasteiger partial charge < -0.3 is 0 Å². The molecule has 0 heterocycles. The van der Waals surface area contributed by atoms with E-state index in [4.69, 9.17) is 23.6 Å². The number of rotatable bonds is 3. The zero-order valence-electron chi connectivity index (χ0n) is 6.43. The van der Waals surface area contributed by atoms with Crippen molar-refractivity contribution in [3.63, 3.8) is 0 Å². The SMILES string of the molecule is O=[N+]([O-])C(c1ccccc1)N(Cl)Cl. The third kappa shape index (κ3) is 2.55. The van der Waals surface area contributed by atoms with Crippen molar-refractivity contribution in [2.45, 2.75) is 6.17 Å². The van der Waals surface area contributed by atoms with Gasteiger partial charge in [0.1, 0.15) is 0 Å². The molecule has 0 N–H and O–H groups in total. The fourth-order valence-electron chi connectivity index (χ4n) is 0.931. The Morgan fingerprint density at radius 2 is 1.85 bits per heavy atom. The molecule has 1 rings (SSSR count). The molecule has 4 nitrogen and oxygen atoms in total. The molecule has 1 aromatic carbocycles. The summed E-state index contributed by atoms with van der Waals surface area (Å²) in [5.41, 5.74) is 0.442. The quantitative estimate of drug-likeness (QED) is 0.341. The number of halogens is 2. The lowest BCUT2D eigenvalue weighted by Gasteiger charge is -2.10. The van der Waals surface area contributed by atoms with Crippen molar-refractivity contribution < 1.29 is 4.92 Å². The van der Waals surface area contributed by atoms with Crippen LogP contribution in [0, 0.1) is 10.1 Å². The van der Waals surface area contributed by atoms with Crippen LogP contribution >= 0.6 is 23.6 Å². The van der Waals surface area contributed by atoms with E-state index < -0.39 is 11.1 Å². The molecule has 13 heavy (non-hydrogen) atoms. The molecular weight excluding hydrogens is 215 g/mol. The van der Waals surface area contributed by atoms with E-state index in [9.17, 15) is 10.1 Å². The maximum atomic E-state index is 10.5. The zero-order valence-corrected chi connectivity index (χ0v) is 7.94. The highest BCUT2D eigenvalue weighted by atomic mass is 35.5. The van der Waals surface area contributed by atoms with Crippen molar-refractivity contribution in [3.05, 3.63) is 46.0 Å². The van der Waals surface area contributed by atoms with Crippen LogP contribution in [0.5, 0.6) is 0 Å². The summed E-state index contributed by atoms with van der Waals surface area (Å²) >= 11 is 10.7. The summed E-state index contributed by atoms with van der Waals surface area (Å²) in [7, 11) is 0. The lowest BCUT2D eigenvalue weighted by atomic mass is 10.2. The standard InChI is InChI=1S/C7H6Cl2N2O2/c8-10(9)7(11(12)13)6-4-2-1-3-5-6/h1-5,7H. The van der Waals surface area contributed by atoms with Gasteiger partial charge >= 0.3 is 6.17 Å². The molecule has 0 spiro atoms. The predicted octanol–water partition coefficient (Wildman–Crippen LogP) is 2.57. The Bertz CT molecular complexity index is 292. The molecule has 70 valence electrons. The van der Waals surface area contributed by atoms with E-state index in [0.29, 0.717) is 9.50 Å². The minimum absolute atomic E-state index is 0.442. The molecule has 0 aliphatic heterocycles. The van der Waals surface area contributed by atoms with Crippen LogP contribution in [0.25, 0.3) is 0 Å². The van der Waals surface area contributed by atoms with Crippen molar-refractivity contribution in [1.29, 1.82) is 0 Å². The van der Waals surface area contributed by atoms with Crippen molar-refractivity contribution in [2.24, 2.45) is 0 Å². The first-order valence-corrected chi connectivity index (χ1v) is 4.10. The second kappa shape index (κ2) is 4.41. The van der Waals surface area contributed by atoms with Gasteiger partial charge in [0.2, 0.25) is 0 Å². The first kappa shape index (κ1) is 10.2. The van der Waals surface area contributed by atoms with Crippen LogP contribution in [-0.2, 0) is 0 Å². The van der Waals surface area contributed by atoms with Crippen LogP contribution in [0.3, 0.4) is 0 Å². The predicted molar refractivity (Wildman–Crippen MR) is 49.7 cm³/mol. The number of nitro groups is 1. The van der Waals surface area contributed by atoms with Crippen molar-refractivity contribution in [1.82, 2.24) is 3.94 Å². The first-order valence-electron chi connectivity index (χ1n) is 3.42. The largest absolute Gasteiger partial charge is 0.320 e. The Balaban J connectivity index is 2.96. The summed E-state index contributed by atoms with van der Waals surface area (Å²) in [5.74, 6) is 0. The second-order valence-corrected chi connectivity index (χ2v) is 3.23. The fraction of sp³-hybridized carbons (Fsp3) is 0.143. The van der Waals surface area contributed by atoms with Crippen LogP contribution in [0.15, 0.2) is 30.3 Å². The molecular formula is C7H6Cl2N2O2. The van der Waals surface area contributed by atoms with Gasteiger partial charge in [-0.15, -0.1) is 0 Å². The topological polar surface area (TPSA) is 46.4 Å². The van der Waals surface area contributed by atoms with E-state index in [-0.39, 0.29) is 0 Å². The van der Waals surface area contributed by atoms with Gasteiger partial charge in [-0.3, -0.25) is 10.1 Å². The molecule has 0 fully saturated rings. The van der Waals surface area contributed by atoms with E-state index in [1.807, 2.05) is 0 Å².